The van der Waals surface area contributed by atoms with E-state index in [0.29, 0.717) is 4.34 Å². The Balaban J connectivity index is 2.43. The molecule has 1 aromatic heterocycles. The predicted molar refractivity (Wildman–Crippen MR) is 71.0 cm³/mol. The van der Waals surface area contributed by atoms with Gasteiger partial charge in [0.15, 0.2) is 0 Å². The Hall–Kier alpha value is -1.03. The second-order valence-electron chi connectivity index (χ2n) is 3.91. The number of benzene rings is 1. The molecule has 1 atom stereocenters. The number of methoxy groups -OCH3 is 1. The molecule has 0 amide bonds. The lowest BCUT2D eigenvalue weighted by Crippen LogP contribution is -2.21. The average molecular weight is 269 g/mol. The molecule has 0 aliphatic heterocycles. The van der Waals surface area contributed by atoms with Gasteiger partial charge in [0, 0.05) is 4.88 Å². The van der Waals surface area contributed by atoms with E-state index in [9.17, 15) is 5.11 Å². The minimum Gasteiger partial charge on any atom is -0.497 e. The SMILES string of the molecule is COc1cccc(C(C)(O)c2ccc(Cl)s2)c1. The second kappa shape index (κ2) is 4.69. The van der Waals surface area contributed by atoms with Crippen molar-refractivity contribution in [3.05, 3.63) is 51.2 Å². The Morgan fingerprint density at radius 1 is 1.29 bits per heavy atom. The number of aliphatic hydroxyl groups is 1. The van der Waals surface area contributed by atoms with Crippen molar-refractivity contribution in [1.29, 1.82) is 0 Å². The highest BCUT2D eigenvalue weighted by Gasteiger charge is 2.27. The summed E-state index contributed by atoms with van der Waals surface area (Å²) in [4.78, 5) is 0.816. The standard InChI is InChI=1S/C13H13ClO2S/c1-13(15,11-6-7-12(14)17-11)9-4-3-5-10(8-9)16-2/h3-8,15H,1-2H3. The van der Waals surface area contributed by atoms with Gasteiger partial charge >= 0.3 is 0 Å². The van der Waals surface area contributed by atoms with Crippen LogP contribution in [0, 0.1) is 0 Å². The van der Waals surface area contributed by atoms with Crippen molar-refractivity contribution >= 4 is 22.9 Å². The van der Waals surface area contributed by atoms with Gasteiger partial charge in [-0.05, 0) is 36.8 Å². The number of hydrogen-bond acceptors (Lipinski definition) is 3. The van der Waals surface area contributed by atoms with Crippen LogP contribution >= 0.6 is 22.9 Å². The molecule has 4 heteroatoms. The van der Waals surface area contributed by atoms with Crippen LogP contribution in [0.4, 0.5) is 0 Å². The van der Waals surface area contributed by atoms with E-state index in [1.54, 1.807) is 20.1 Å². The molecule has 0 saturated carbocycles. The van der Waals surface area contributed by atoms with E-state index >= 15 is 0 Å². The number of ether oxygens (including phenoxy) is 1. The molecule has 0 saturated heterocycles. The normalized spacial score (nSPS) is 14.4. The zero-order valence-electron chi connectivity index (χ0n) is 9.61. The molecule has 90 valence electrons. The average Bonchev–Trinajstić information content (AvgIpc) is 2.76. The molecule has 1 unspecified atom stereocenters. The van der Waals surface area contributed by atoms with Crippen molar-refractivity contribution in [2.75, 3.05) is 7.11 Å². The zero-order valence-corrected chi connectivity index (χ0v) is 11.2. The van der Waals surface area contributed by atoms with Gasteiger partial charge in [-0.3, -0.25) is 0 Å². The van der Waals surface area contributed by atoms with Gasteiger partial charge in [-0.15, -0.1) is 11.3 Å². The monoisotopic (exact) mass is 268 g/mol. The molecule has 17 heavy (non-hydrogen) atoms. The van der Waals surface area contributed by atoms with Gasteiger partial charge in [0.05, 0.1) is 11.4 Å². The van der Waals surface area contributed by atoms with Gasteiger partial charge in [-0.1, -0.05) is 23.7 Å². The number of rotatable bonds is 3. The predicted octanol–water partition coefficient (Wildman–Crippen LogP) is 3.67. The number of thiophene rings is 1. The fourth-order valence-electron chi connectivity index (χ4n) is 1.64. The van der Waals surface area contributed by atoms with E-state index < -0.39 is 5.60 Å². The van der Waals surface area contributed by atoms with E-state index in [1.165, 1.54) is 11.3 Å². The lowest BCUT2D eigenvalue weighted by molar-refractivity contribution is 0.106. The quantitative estimate of drug-likeness (QED) is 0.920. The molecular formula is C13H13ClO2S. The van der Waals surface area contributed by atoms with Crippen LogP contribution in [-0.2, 0) is 5.60 Å². The molecule has 0 radical (unpaired) electrons. The van der Waals surface area contributed by atoms with Crippen molar-refractivity contribution in [1.82, 2.24) is 0 Å². The van der Waals surface area contributed by atoms with Crippen molar-refractivity contribution in [2.45, 2.75) is 12.5 Å². The number of halogens is 1. The van der Waals surface area contributed by atoms with Crippen molar-refractivity contribution in [3.8, 4) is 5.75 Å². The summed E-state index contributed by atoms with van der Waals surface area (Å²) in [6, 6.07) is 11.0. The van der Waals surface area contributed by atoms with Gasteiger partial charge in [0.2, 0.25) is 0 Å². The first-order chi connectivity index (χ1) is 8.04. The molecule has 0 aliphatic rings. The Labute approximate surface area is 109 Å². The van der Waals surface area contributed by atoms with E-state index in [4.69, 9.17) is 16.3 Å². The van der Waals surface area contributed by atoms with Gasteiger partial charge in [0.1, 0.15) is 11.4 Å². The molecule has 2 nitrogen and oxygen atoms in total. The van der Waals surface area contributed by atoms with E-state index in [0.717, 1.165) is 16.2 Å². The van der Waals surface area contributed by atoms with Crippen LogP contribution in [0.25, 0.3) is 0 Å². The Kier molecular flexibility index (Phi) is 3.43. The maximum Gasteiger partial charge on any atom is 0.121 e. The smallest absolute Gasteiger partial charge is 0.121 e. The topological polar surface area (TPSA) is 29.5 Å². The van der Waals surface area contributed by atoms with Crippen LogP contribution in [0.5, 0.6) is 5.75 Å². The summed E-state index contributed by atoms with van der Waals surface area (Å²) in [7, 11) is 1.61. The lowest BCUT2D eigenvalue weighted by atomic mass is 9.94. The summed E-state index contributed by atoms with van der Waals surface area (Å²) in [5.74, 6) is 0.727. The first-order valence-corrected chi connectivity index (χ1v) is 6.36. The van der Waals surface area contributed by atoms with E-state index in [-0.39, 0.29) is 0 Å². The van der Waals surface area contributed by atoms with E-state index in [2.05, 4.69) is 0 Å². The summed E-state index contributed by atoms with van der Waals surface area (Å²) in [5.41, 5.74) is -0.262. The van der Waals surface area contributed by atoms with Crippen molar-refractivity contribution in [3.63, 3.8) is 0 Å². The third-order valence-corrected chi connectivity index (χ3v) is 4.13. The summed E-state index contributed by atoms with van der Waals surface area (Å²) in [6.07, 6.45) is 0. The molecule has 1 heterocycles. The minimum absolute atomic E-state index is 0.670. The van der Waals surface area contributed by atoms with Crippen molar-refractivity contribution in [2.24, 2.45) is 0 Å². The van der Waals surface area contributed by atoms with Gasteiger partial charge < -0.3 is 9.84 Å². The summed E-state index contributed by atoms with van der Waals surface area (Å²) >= 11 is 7.27. The molecule has 2 aromatic rings. The van der Waals surface area contributed by atoms with Crippen LogP contribution in [0.1, 0.15) is 17.4 Å². The first kappa shape index (κ1) is 12.4. The summed E-state index contributed by atoms with van der Waals surface area (Å²) in [5, 5.41) is 10.6. The fourth-order valence-corrected chi connectivity index (χ4v) is 2.76. The first-order valence-electron chi connectivity index (χ1n) is 5.17. The van der Waals surface area contributed by atoms with Gasteiger partial charge in [0.25, 0.3) is 0 Å². The largest absolute Gasteiger partial charge is 0.497 e. The highest BCUT2D eigenvalue weighted by atomic mass is 35.5. The lowest BCUT2D eigenvalue weighted by Gasteiger charge is -2.22. The Morgan fingerprint density at radius 3 is 2.65 bits per heavy atom. The third-order valence-electron chi connectivity index (χ3n) is 2.68. The molecule has 2 rings (SSSR count). The van der Waals surface area contributed by atoms with E-state index in [1.807, 2.05) is 30.3 Å². The Bertz CT molecular complexity index is 520. The fraction of sp³-hybridized carbons (Fsp3) is 0.231. The number of hydrogen-bond donors (Lipinski definition) is 1. The van der Waals surface area contributed by atoms with Gasteiger partial charge in [-0.2, -0.15) is 0 Å². The second-order valence-corrected chi connectivity index (χ2v) is 5.62. The minimum atomic E-state index is -1.05. The zero-order chi connectivity index (χ0) is 12.5. The highest BCUT2D eigenvalue weighted by Crippen LogP contribution is 2.36. The molecular weight excluding hydrogens is 256 g/mol. The Morgan fingerprint density at radius 2 is 2.06 bits per heavy atom. The molecule has 0 aliphatic carbocycles. The van der Waals surface area contributed by atoms with Crippen LogP contribution in [0.2, 0.25) is 4.34 Å². The van der Waals surface area contributed by atoms with Gasteiger partial charge in [-0.25, -0.2) is 0 Å². The molecule has 0 bridgehead atoms. The van der Waals surface area contributed by atoms with Crippen molar-refractivity contribution < 1.29 is 9.84 Å². The maximum absolute atomic E-state index is 10.6. The molecule has 0 spiro atoms. The molecule has 1 N–H and O–H groups in total. The molecule has 1 aromatic carbocycles. The van der Waals surface area contributed by atoms with Crippen LogP contribution in [0.15, 0.2) is 36.4 Å². The third kappa shape index (κ3) is 2.46. The summed E-state index contributed by atoms with van der Waals surface area (Å²) < 4.78 is 5.83. The van der Waals surface area contributed by atoms with Crippen LogP contribution < -0.4 is 4.74 Å². The van der Waals surface area contributed by atoms with Crippen LogP contribution in [-0.4, -0.2) is 12.2 Å². The summed E-state index contributed by atoms with van der Waals surface area (Å²) in [6.45, 7) is 1.75. The highest BCUT2D eigenvalue weighted by molar-refractivity contribution is 7.16. The molecule has 0 fully saturated rings. The maximum atomic E-state index is 10.6. The van der Waals surface area contributed by atoms with Crippen LogP contribution in [0.3, 0.4) is 0 Å².